The second-order valence-corrected chi connectivity index (χ2v) is 7.27. The van der Waals surface area contributed by atoms with Gasteiger partial charge in [0, 0.05) is 30.6 Å². The van der Waals surface area contributed by atoms with Gasteiger partial charge in [-0.15, -0.1) is 11.3 Å². The van der Waals surface area contributed by atoms with Crippen LogP contribution in [0.15, 0.2) is 0 Å². The second kappa shape index (κ2) is 9.42. The van der Waals surface area contributed by atoms with Gasteiger partial charge >= 0.3 is 0 Å². The molecule has 0 radical (unpaired) electrons. The molecule has 0 saturated carbocycles. The zero-order valence-corrected chi connectivity index (χ0v) is 15.5. The first kappa shape index (κ1) is 18.4. The molecule has 4 heteroatoms. The van der Waals surface area contributed by atoms with E-state index < -0.39 is 0 Å². The molecule has 0 saturated heterocycles. The van der Waals surface area contributed by atoms with Gasteiger partial charge in [-0.05, 0) is 19.3 Å². The molecule has 1 atom stereocenters. The molecule has 0 bridgehead atoms. The number of hydrogen-bond donors (Lipinski definition) is 1. The lowest BCUT2D eigenvalue weighted by atomic mass is 10.1. The molecule has 1 rings (SSSR count). The molecule has 0 spiro atoms. The molecular formula is C17H33N3S. The topological polar surface area (TPSA) is 28.2 Å². The highest BCUT2D eigenvalue weighted by Gasteiger charge is 2.16. The molecule has 1 heterocycles. The highest BCUT2D eigenvalue weighted by Crippen LogP contribution is 2.28. The average molecular weight is 312 g/mol. The van der Waals surface area contributed by atoms with Gasteiger partial charge in [-0.3, -0.25) is 0 Å². The molecule has 0 aliphatic rings. The van der Waals surface area contributed by atoms with E-state index >= 15 is 0 Å². The minimum atomic E-state index is 0.521. The van der Waals surface area contributed by atoms with Crippen LogP contribution >= 0.6 is 11.3 Å². The molecule has 21 heavy (non-hydrogen) atoms. The van der Waals surface area contributed by atoms with E-state index in [4.69, 9.17) is 4.98 Å². The quantitative estimate of drug-likeness (QED) is 0.691. The summed E-state index contributed by atoms with van der Waals surface area (Å²) in [5.74, 6) is 0.723. The van der Waals surface area contributed by atoms with E-state index in [9.17, 15) is 0 Å². The smallest absolute Gasteiger partial charge is 0.185 e. The van der Waals surface area contributed by atoms with Crippen LogP contribution in [0.1, 0.15) is 65.0 Å². The first-order chi connectivity index (χ1) is 10.0. The summed E-state index contributed by atoms with van der Waals surface area (Å²) in [5.41, 5.74) is 1.30. The molecule has 0 aliphatic heterocycles. The molecule has 3 nitrogen and oxygen atoms in total. The maximum Gasteiger partial charge on any atom is 0.185 e. The van der Waals surface area contributed by atoms with E-state index in [0.717, 1.165) is 38.4 Å². The SMILES string of the molecule is CCCc1nc(N(CC)CC(C)CC)sc1CNC(C)C. The van der Waals surface area contributed by atoms with Gasteiger partial charge in [-0.1, -0.05) is 47.5 Å². The van der Waals surface area contributed by atoms with Gasteiger partial charge in [0.25, 0.3) is 0 Å². The summed E-state index contributed by atoms with van der Waals surface area (Å²) in [7, 11) is 0. The van der Waals surface area contributed by atoms with Crippen LogP contribution < -0.4 is 10.2 Å². The van der Waals surface area contributed by atoms with Crippen molar-refractivity contribution in [3.8, 4) is 0 Å². The lowest BCUT2D eigenvalue weighted by molar-refractivity contribution is 0.547. The molecule has 0 fully saturated rings. The summed E-state index contributed by atoms with van der Waals surface area (Å²) in [6.45, 7) is 16.6. The molecule has 122 valence electrons. The van der Waals surface area contributed by atoms with Crippen LogP contribution in [0, 0.1) is 5.92 Å². The van der Waals surface area contributed by atoms with Crippen molar-refractivity contribution >= 4 is 16.5 Å². The summed E-state index contributed by atoms with van der Waals surface area (Å²) in [6.07, 6.45) is 3.48. The Balaban J connectivity index is 2.87. The van der Waals surface area contributed by atoms with Gasteiger partial charge in [-0.25, -0.2) is 4.98 Å². The van der Waals surface area contributed by atoms with E-state index in [2.05, 4.69) is 51.8 Å². The van der Waals surface area contributed by atoms with Crippen LogP contribution in [0.3, 0.4) is 0 Å². The largest absolute Gasteiger partial charge is 0.348 e. The molecule has 1 aromatic rings. The van der Waals surface area contributed by atoms with Gasteiger partial charge in [0.05, 0.1) is 5.69 Å². The average Bonchev–Trinajstić information content (AvgIpc) is 2.85. The minimum absolute atomic E-state index is 0.521. The Morgan fingerprint density at radius 2 is 1.90 bits per heavy atom. The number of aromatic nitrogens is 1. The molecule has 0 amide bonds. The number of rotatable bonds is 10. The number of anilines is 1. The van der Waals surface area contributed by atoms with E-state index in [1.807, 2.05) is 11.3 Å². The Bertz CT molecular complexity index is 401. The highest BCUT2D eigenvalue weighted by molar-refractivity contribution is 7.15. The molecule has 1 aromatic heterocycles. The number of thiazole rings is 1. The Kier molecular flexibility index (Phi) is 8.27. The lowest BCUT2D eigenvalue weighted by Gasteiger charge is -2.23. The van der Waals surface area contributed by atoms with E-state index in [-0.39, 0.29) is 0 Å². The normalized spacial score (nSPS) is 12.9. The van der Waals surface area contributed by atoms with Crippen LogP contribution in [0.5, 0.6) is 0 Å². The zero-order valence-electron chi connectivity index (χ0n) is 14.7. The first-order valence-electron chi connectivity index (χ1n) is 8.48. The molecule has 0 aromatic carbocycles. The third-order valence-electron chi connectivity index (χ3n) is 3.81. The standard InChI is InChI=1S/C17H33N3S/c1-7-10-15-16(11-18-13(4)5)21-17(19-15)20(9-3)12-14(6)8-2/h13-14,18H,7-12H2,1-6H3. The van der Waals surface area contributed by atoms with Crippen molar-refractivity contribution in [3.05, 3.63) is 10.6 Å². The van der Waals surface area contributed by atoms with Crippen LogP contribution in [-0.4, -0.2) is 24.1 Å². The fourth-order valence-electron chi connectivity index (χ4n) is 2.22. The van der Waals surface area contributed by atoms with Gasteiger partial charge < -0.3 is 10.2 Å². The number of aryl methyl sites for hydroxylation is 1. The summed E-state index contributed by atoms with van der Waals surface area (Å²) < 4.78 is 0. The highest BCUT2D eigenvalue weighted by atomic mass is 32.1. The molecule has 0 aliphatic carbocycles. The third kappa shape index (κ3) is 5.95. The predicted octanol–water partition coefficient (Wildman–Crippen LogP) is 4.47. The molecule has 1 unspecified atom stereocenters. The Hall–Kier alpha value is -0.610. The van der Waals surface area contributed by atoms with Crippen molar-refractivity contribution in [1.82, 2.24) is 10.3 Å². The summed E-state index contributed by atoms with van der Waals surface area (Å²) in [6, 6.07) is 0.521. The Morgan fingerprint density at radius 3 is 2.43 bits per heavy atom. The second-order valence-electron chi connectivity index (χ2n) is 6.20. The molecular weight excluding hydrogens is 278 g/mol. The summed E-state index contributed by atoms with van der Waals surface area (Å²) in [4.78, 5) is 8.80. The maximum atomic E-state index is 4.94. The van der Waals surface area contributed by atoms with E-state index in [1.54, 1.807) is 0 Å². The predicted molar refractivity (Wildman–Crippen MR) is 95.4 cm³/mol. The van der Waals surface area contributed by atoms with Crippen molar-refractivity contribution < 1.29 is 0 Å². The number of nitrogens with one attached hydrogen (secondary N) is 1. The van der Waals surface area contributed by atoms with Crippen LogP contribution in [0.4, 0.5) is 5.13 Å². The monoisotopic (exact) mass is 311 g/mol. The van der Waals surface area contributed by atoms with Crippen LogP contribution in [0.25, 0.3) is 0 Å². The van der Waals surface area contributed by atoms with Crippen LogP contribution in [0.2, 0.25) is 0 Å². The summed E-state index contributed by atoms with van der Waals surface area (Å²) >= 11 is 1.88. The van der Waals surface area contributed by atoms with Crippen molar-refractivity contribution in [2.45, 2.75) is 73.4 Å². The minimum Gasteiger partial charge on any atom is -0.348 e. The van der Waals surface area contributed by atoms with Gasteiger partial charge in [0.15, 0.2) is 5.13 Å². The summed E-state index contributed by atoms with van der Waals surface area (Å²) in [5, 5.41) is 4.74. The Labute approximate surface area is 135 Å². The lowest BCUT2D eigenvalue weighted by Crippen LogP contribution is -2.27. The zero-order chi connectivity index (χ0) is 15.8. The Morgan fingerprint density at radius 1 is 1.19 bits per heavy atom. The van der Waals surface area contributed by atoms with Gasteiger partial charge in [0.2, 0.25) is 0 Å². The van der Waals surface area contributed by atoms with Gasteiger partial charge in [0.1, 0.15) is 0 Å². The van der Waals surface area contributed by atoms with E-state index in [0.29, 0.717) is 6.04 Å². The van der Waals surface area contributed by atoms with Gasteiger partial charge in [-0.2, -0.15) is 0 Å². The maximum absolute atomic E-state index is 4.94. The first-order valence-corrected chi connectivity index (χ1v) is 9.30. The van der Waals surface area contributed by atoms with Crippen molar-refractivity contribution in [1.29, 1.82) is 0 Å². The van der Waals surface area contributed by atoms with Crippen LogP contribution in [-0.2, 0) is 13.0 Å². The van der Waals surface area contributed by atoms with Crippen molar-refractivity contribution in [3.63, 3.8) is 0 Å². The number of hydrogen-bond acceptors (Lipinski definition) is 4. The fraction of sp³-hybridized carbons (Fsp3) is 0.824. The van der Waals surface area contributed by atoms with Crippen molar-refractivity contribution in [2.24, 2.45) is 5.92 Å². The van der Waals surface area contributed by atoms with E-state index in [1.165, 1.54) is 22.1 Å². The van der Waals surface area contributed by atoms with Crippen molar-refractivity contribution in [2.75, 3.05) is 18.0 Å². The third-order valence-corrected chi connectivity index (χ3v) is 4.96. The number of nitrogens with zero attached hydrogens (tertiary/aromatic N) is 2. The fourth-order valence-corrected chi connectivity index (χ4v) is 3.35. The molecule has 1 N–H and O–H groups in total.